The van der Waals surface area contributed by atoms with Gasteiger partial charge in [0.15, 0.2) is 0 Å². The largest absolute Gasteiger partial charge is 0.250 e. The lowest BCUT2D eigenvalue weighted by molar-refractivity contribution is 0.752. The van der Waals surface area contributed by atoms with Crippen molar-refractivity contribution in [3.05, 3.63) is 200 Å². The number of aryl methyl sites for hydroxylation is 6. The van der Waals surface area contributed by atoms with Gasteiger partial charge in [0.25, 0.3) is 0 Å². The summed E-state index contributed by atoms with van der Waals surface area (Å²) in [7, 11) is 0. The average Bonchev–Trinajstić information content (AvgIpc) is 3.57. The van der Waals surface area contributed by atoms with E-state index in [1.165, 1.54) is 66.8 Å². The molecule has 4 aliphatic heterocycles. The van der Waals surface area contributed by atoms with Crippen LogP contribution in [0.3, 0.4) is 0 Å². The number of hydrogen-bond donors (Lipinski definition) is 0. The molecule has 6 aromatic carbocycles. The normalized spacial score (nSPS) is 13.9. The van der Waals surface area contributed by atoms with E-state index in [-0.39, 0.29) is 5.92 Å². The number of rotatable bonds is 0. The molecule has 0 amide bonds. The Morgan fingerprint density at radius 3 is 1.25 bits per heavy atom. The van der Waals surface area contributed by atoms with E-state index < -0.39 is 5.41 Å². The average molecular weight is 785 g/mol. The lowest BCUT2D eigenvalue weighted by Gasteiger charge is -2.37. The maximum Gasteiger partial charge on any atom is 0.0972 e. The summed E-state index contributed by atoms with van der Waals surface area (Å²) in [6, 6.07) is 49.8. The first-order valence-corrected chi connectivity index (χ1v) is 21.5. The van der Waals surface area contributed by atoms with Crippen LogP contribution >= 0.6 is 0 Å². The summed E-state index contributed by atoms with van der Waals surface area (Å²) < 4.78 is 0. The van der Waals surface area contributed by atoms with E-state index in [0.717, 1.165) is 77.5 Å². The quantitative estimate of drug-likeness (QED) is 0.144. The zero-order chi connectivity index (χ0) is 41.5. The van der Waals surface area contributed by atoms with Gasteiger partial charge in [-0.15, -0.1) is 0 Å². The smallest absolute Gasteiger partial charge is 0.0972 e. The summed E-state index contributed by atoms with van der Waals surface area (Å²) in [4.78, 5) is 21.9. The second kappa shape index (κ2) is 12.7. The fourth-order valence-electron chi connectivity index (χ4n) is 11.0. The zero-order valence-electron chi connectivity index (χ0n) is 35.6. The second-order valence-corrected chi connectivity index (χ2v) is 17.7. The molecular weight excluding hydrogens is 741 g/mol. The van der Waals surface area contributed by atoms with Crippen LogP contribution in [0, 0.1) is 41.5 Å². The van der Waals surface area contributed by atoms with Gasteiger partial charge in [0.1, 0.15) is 0 Å². The van der Waals surface area contributed by atoms with Gasteiger partial charge in [0.05, 0.1) is 50.3 Å². The minimum atomic E-state index is -0.558. The van der Waals surface area contributed by atoms with Crippen LogP contribution in [0.1, 0.15) is 79.9 Å². The highest BCUT2D eigenvalue weighted by Crippen LogP contribution is 2.58. The van der Waals surface area contributed by atoms with E-state index in [1.54, 1.807) is 0 Å². The number of fused-ring (bicyclic) bond motifs is 3. The van der Waals surface area contributed by atoms with Gasteiger partial charge in [-0.2, -0.15) is 0 Å². The molecule has 292 valence electrons. The molecule has 10 aromatic rings. The number of pyridine rings is 4. The van der Waals surface area contributed by atoms with Crippen molar-refractivity contribution in [2.24, 2.45) is 0 Å². The van der Waals surface area contributed by atoms with E-state index in [0.29, 0.717) is 0 Å². The Balaban J connectivity index is 1.23. The predicted molar refractivity (Wildman–Crippen MR) is 252 cm³/mol. The van der Waals surface area contributed by atoms with Crippen LogP contribution in [-0.4, -0.2) is 19.9 Å². The molecule has 0 atom stereocenters. The van der Waals surface area contributed by atoms with Gasteiger partial charge in [-0.1, -0.05) is 104 Å². The van der Waals surface area contributed by atoms with Crippen molar-refractivity contribution in [1.82, 2.24) is 19.9 Å². The number of aromatic nitrogens is 4. The molecule has 0 radical (unpaired) electrons. The van der Waals surface area contributed by atoms with Crippen molar-refractivity contribution >= 4 is 43.6 Å². The first-order valence-electron chi connectivity index (χ1n) is 21.5. The summed E-state index contributed by atoms with van der Waals surface area (Å²) in [5.41, 5.74) is 24.2. The van der Waals surface area contributed by atoms with Crippen LogP contribution in [0.2, 0.25) is 0 Å². The molecule has 0 saturated carbocycles. The molecule has 4 nitrogen and oxygen atoms in total. The van der Waals surface area contributed by atoms with Crippen LogP contribution in [0.5, 0.6) is 0 Å². The fraction of sp³-hybridized carbons (Fsp3) is 0.158. The van der Waals surface area contributed by atoms with Gasteiger partial charge >= 0.3 is 0 Å². The Hall–Kier alpha value is -7.04. The standard InChI is InChI=1S/C57H44N4/c1-30-26-47-34(5)24-43(30)49-22-18-37-16-20-39-32(3)28-51(60-55(39)53(37)58-49)36(7)52-29-33(4)40-21-17-38-19-23-50(59-54(38)56(40)61-52)44-25-35(6)48(27-31(44)2)57(47)45-14-10-8-12-41(45)42-13-9-11-15-46(42)57/h8-29,36H,1-7H3. The van der Waals surface area contributed by atoms with E-state index >= 15 is 0 Å². The molecular formula is C57H44N4. The van der Waals surface area contributed by atoms with Crippen LogP contribution in [-0.2, 0) is 5.41 Å². The minimum Gasteiger partial charge on any atom is -0.250 e. The molecule has 1 spiro atoms. The number of hydrogen-bond acceptors (Lipinski definition) is 4. The monoisotopic (exact) mass is 784 g/mol. The summed E-state index contributed by atoms with van der Waals surface area (Å²) >= 11 is 0. The van der Waals surface area contributed by atoms with Gasteiger partial charge in [0, 0.05) is 38.6 Å². The molecule has 1 aliphatic carbocycles. The third-order valence-electron chi connectivity index (χ3n) is 14.1. The van der Waals surface area contributed by atoms with E-state index in [2.05, 4.69) is 182 Å². The maximum absolute atomic E-state index is 5.50. The molecule has 4 heteroatoms. The highest BCUT2D eigenvalue weighted by molar-refractivity contribution is 6.06. The number of nitrogens with zero attached hydrogens (tertiary/aromatic N) is 4. The van der Waals surface area contributed by atoms with Crippen molar-refractivity contribution in [1.29, 1.82) is 0 Å². The number of benzene rings is 6. The minimum absolute atomic E-state index is 0.0611. The molecule has 12 bridgehead atoms. The highest BCUT2D eigenvalue weighted by atomic mass is 14.8. The lowest BCUT2D eigenvalue weighted by atomic mass is 9.64. The summed E-state index contributed by atoms with van der Waals surface area (Å²) in [6.45, 7) is 15.7. The van der Waals surface area contributed by atoms with Crippen molar-refractivity contribution in [3.8, 4) is 33.6 Å². The molecule has 0 fully saturated rings. The van der Waals surface area contributed by atoms with Gasteiger partial charge < -0.3 is 0 Å². The Morgan fingerprint density at radius 1 is 0.361 bits per heavy atom. The van der Waals surface area contributed by atoms with Crippen LogP contribution in [0.4, 0.5) is 0 Å². The van der Waals surface area contributed by atoms with Gasteiger partial charge in [-0.25, -0.2) is 19.9 Å². The van der Waals surface area contributed by atoms with E-state index in [9.17, 15) is 0 Å². The van der Waals surface area contributed by atoms with Crippen LogP contribution < -0.4 is 0 Å². The van der Waals surface area contributed by atoms with E-state index in [1.807, 2.05) is 0 Å². The first-order chi connectivity index (χ1) is 29.6. The molecule has 4 aromatic heterocycles. The SMILES string of the molecule is Cc1cc2c(C)cc1-c1ccc3ccc4c(C)cc(nc4c3n1)C(C)c1cc(C)c3ccc4ccc(nc4c3n1)-c1cc(C)c(cc1C)C21c2ccccc2-c2ccccc21. The van der Waals surface area contributed by atoms with Crippen molar-refractivity contribution in [3.63, 3.8) is 0 Å². The van der Waals surface area contributed by atoms with Gasteiger partial charge in [-0.05, 0) is 145 Å². The fourth-order valence-corrected chi connectivity index (χ4v) is 11.0. The summed E-state index contributed by atoms with van der Waals surface area (Å²) in [6.07, 6.45) is 0. The highest BCUT2D eigenvalue weighted by Gasteiger charge is 2.47. The third-order valence-corrected chi connectivity index (χ3v) is 14.1. The summed E-state index contributed by atoms with van der Waals surface area (Å²) in [5.74, 6) is -0.0611. The van der Waals surface area contributed by atoms with Gasteiger partial charge in [0.2, 0.25) is 0 Å². The molecule has 5 aliphatic rings. The zero-order valence-corrected chi connectivity index (χ0v) is 35.6. The van der Waals surface area contributed by atoms with E-state index in [4.69, 9.17) is 19.9 Å². The molecule has 0 unspecified atom stereocenters. The second-order valence-electron chi connectivity index (χ2n) is 17.7. The van der Waals surface area contributed by atoms with Crippen LogP contribution in [0.15, 0.2) is 133 Å². The molecule has 0 N–H and O–H groups in total. The van der Waals surface area contributed by atoms with Crippen molar-refractivity contribution < 1.29 is 0 Å². The Labute approximate surface area is 356 Å². The third kappa shape index (κ3) is 4.93. The maximum atomic E-state index is 5.50. The van der Waals surface area contributed by atoms with Crippen molar-refractivity contribution in [2.75, 3.05) is 0 Å². The summed E-state index contributed by atoms with van der Waals surface area (Å²) in [5, 5.41) is 4.39. The Kier molecular flexibility index (Phi) is 7.49. The Morgan fingerprint density at radius 2 is 0.787 bits per heavy atom. The molecule has 0 saturated heterocycles. The molecule has 15 rings (SSSR count). The lowest BCUT2D eigenvalue weighted by Crippen LogP contribution is -2.31. The Bertz CT molecular complexity index is 3340. The molecule has 61 heavy (non-hydrogen) atoms. The topological polar surface area (TPSA) is 51.6 Å². The molecule has 8 heterocycles. The predicted octanol–water partition coefficient (Wildman–Crippen LogP) is 13.9. The van der Waals surface area contributed by atoms with Crippen LogP contribution in [0.25, 0.3) is 77.3 Å². The van der Waals surface area contributed by atoms with Crippen molar-refractivity contribution in [2.45, 2.75) is 59.8 Å². The van der Waals surface area contributed by atoms with Gasteiger partial charge in [-0.3, -0.25) is 0 Å². The first kappa shape index (κ1) is 35.9.